The van der Waals surface area contributed by atoms with Crippen LogP contribution in [0.5, 0.6) is 0 Å². The number of carbonyl (C=O) groups excluding carboxylic acids is 5. The monoisotopic (exact) mass is 829 g/mol. The van der Waals surface area contributed by atoms with Crippen molar-refractivity contribution < 1.29 is 38.2 Å². The molecule has 1 aromatic rings. The summed E-state index contributed by atoms with van der Waals surface area (Å²) in [6.45, 7) is 17.7. The molecule has 2 aliphatic rings. The number of hydrogen-bond acceptors (Lipinski definition) is 9. The third-order valence-corrected chi connectivity index (χ3v) is 12.4. The lowest BCUT2D eigenvalue weighted by Gasteiger charge is -2.39. The zero-order valence-electron chi connectivity index (χ0n) is 38.1. The Bertz CT molecular complexity index is 1560. The topological polar surface area (TPSA) is 182 Å². The summed E-state index contributed by atoms with van der Waals surface area (Å²) in [4.78, 5) is 70.9. The minimum Gasteiger partial charge on any atom is -0.379 e. The number of likely N-dealkylation sites (N-methyl/N-ethyl adjacent to an activating group) is 1. The highest BCUT2D eigenvalue weighted by atomic mass is 16.5. The Balaban J connectivity index is 1.60. The fourth-order valence-electron chi connectivity index (χ4n) is 8.09. The van der Waals surface area contributed by atoms with Crippen molar-refractivity contribution >= 4 is 29.5 Å². The molecule has 1 aliphatic heterocycles. The summed E-state index contributed by atoms with van der Waals surface area (Å²) >= 11 is 0. The van der Waals surface area contributed by atoms with Crippen molar-refractivity contribution in [3.8, 4) is 0 Å². The summed E-state index contributed by atoms with van der Waals surface area (Å²) in [5.74, 6) is -1.96. The number of nitrogens with zero attached hydrogens (tertiary/aromatic N) is 2. The van der Waals surface area contributed by atoms with Crippen molar-refractivity contribution in [1.29, 1.82) is 0 Å². The molecule has 334 valence electrons. The second-order valence-electron chi connectivity index (χ2n) is 18.9. The van der Waals surface area contributed by atoms with Crippen LogP contribution in [0.2, 0.25) is 0 Å². The molecule has 3 rings (SSSR count). The molecular weight excluding hydrogens is 753 g/mol. The normalized spacial score (nSPS) is 19.2. The van der Waals surface area contributed by atoms with Gasteiger partial charge in [0.25, 0.3) is 0 Å². The van der Waals surface area contributed by atoms with Gasteiger partial charge in [-0.2, -0.15) is 0 Å². The van der Waals surface area contributed by atoms with Crippen LogP contribution in [0.3, 0.4) is 0 Å². The lowest BCUT2D eigenvalue weighted by Crippen LogP contribution is -2.57. The summed E-state index contributed by atoms with van der Waals surface area (Å²) in [7, 11) is 4.79. The zero-order valence-corrected chi connectivity index (χ0v) is 38.1. The quantitative estimate of drug-likeness (QED) is 0.119. The highest BCUT2D eigenvalue weighted by Crippen LogP contribution is 2.47. The van der Waals surface area contributed by atoms with E-state index >= 15 is 0 Å². The molecule has 1 saturated heterocycles. The number of carbonyl (C=O) groups is 5. The smallest absolute Gasteiger partial charge is 0.245 e. The maximum atomic E-state index is 14.1. The number of likely N-dealkylation sites (tertiary alicyclic amines) is 1. The first-order valence-electron chi connectivity index (χ1n) is 21.5. The molecule has 14 heteroatoms. The predicted molar refractivity (Wildman–Crippen MR) is 229 cm³/mol. The predicted octanol–water partition coefficient (Wildman–Crippen LogP) is 4.08. The van der Waals surface area contributed by atoms with Gasteiger partial charge in [0.2, 0.25) is 29.5 Å². The van der Waals surface area contributed by atoms with Gasteiger partial charge in [-0.15, -0.1) is 0 Å². The average molecular weight is 829 g/mol. The van der Waals surface area contributed by atoms with E-state index < -0.39 is 46.8 Å². The first kappa shape index (κ1) is 49.8. The van der Waals surface area contributed by atoms with Crippen molar-refractivity contribution in [2.45, 2.75) is 160 Å². The van der Waals surface area contributed by atoms with Gasteiger partial charge in [0, 0.05) is 51.7 Å². The Labute approximate surface area is 353 Å². The van der Waals surface area contributed by atoms with Gasteiger partial charge in [-0.25, -0.2) is 0 Å². The molecular formula is C45H76N6O8. The molecule has 5 N–H and O–H groups in total. The van der Waals surface area contributed by atoms with E-state index in [1.54, 1.807) is 40.0 Å². The van der Waals surface area contributed by atoms with Gasteiger partial charge >= 0.3 is 0 Å². The van der Waals surface area contributed by atoms with Crippen molar-refractivity contribution in [3.05, 3.63) is 35.9 Å². The van der Waals surface area contributed by atoms with Crippen molar-refractivity contribution in [2.24, 2.45) is 17.6 Å². The van der Waals surface area contributed by atoms with Gasteiger partial charge in [-0.1, -0.05) is 57.5 Å². The number of nitrogens with one attached hydrogen (secondary N) is 3. The molecule has 1 aromatic carbocycles. The highest BCUT2D eigenvalue weighted by molar-refractivity contribution is 5.93. The van der Waals surface area contributed by atoms with Crippen molar-refractivity contribution in [3.63, 3.8) is 0 Å². The summed E-state index contributed by atoms with van der Waals surface area (Å²) < 4.78 is 17.8. The standard InChI is InChI=1S/C45H76N6O8/c1-13-30(2)38(50(10)37(54)27-47-41(56)44(8,9)49-35(52)21-22-43(6,7)59-29-42(4,5)46)34(57-11)26-36(53)51-25-17-20-33(51)39(58-12)31(3)40(55)48-28-45(23-24-45)32-18-15-14-16-19-32/h14-16,18-19,30-31,33-34,38-39H,13,17,20-29,46H2,1-12H3,(H,47,56)(H,48,55)(H,49,52)/t30-,31+,33-,34+,38-,39+/m0/s1. The maximum Gasteiger partial charge on any atom is 0.245 e. The number of rotatable bonds is 24. The number of ether oxygens (including phenoxy) is 3. The van der Waals surface area contributed by atoms with Crippen LogP contribution in [-0.2, 0) is 43.6 Å². The van der Waals surface area contributed by atoms with Crippen molar-refractivity contribution in [1.82, 2.24) is 25.8 Å². The van der Waals surface area contributed by atoms with E-state index in [0.717, 1.165) is 19.3 Å². The SMILES string of the molecule is CC[C@H](C)[C@@H]([C@@H](CC(=O)N1CCC[C@H]1[C@H](OC)[C@@H](C)C(=O)NCC1(c2ccccc2)CC1)OC)N(C)C(=O)CNC(=O)C(C)(C)NC(=O)CCC(C)(C)OCC(C)(C)N. The molecule has 59 heavy (non-hydrogen) atoms. The van der Waals surface area contributed by atoms with E-state index in [2.05, 4.69) is 28.1 Å². The van der Waals surface area contributed by atoms with Crippen LogP contribution in [0.1, 0.15) is 119 Å². The third kappa shape index (κ3) is 14.3. The summed E-state index contributed by atoms with van der Waals surface area (Å²) in [5.41, 5.74) is 4.87. The second-order valence-corrected chi connectivity index (χ2v) is 18.9. The number of amides is 5. The van der Waals surface area contributed by atoms with Gasteiger partial charge in [0.15, 0.2) is 0 Å². The number of methoxy groups -OCH3 is 2. The van der Waals surface area contributed by atoms with Crippen LogP contribution in [0.25, 0.3) is 0 Å². The van der Waals surface area contributed by atoms with Crippen LogP contribution >= 0.6 is 0 Å². The largest absolute Gasteiger partial charge is 0.379 e. The molecule has 1 aliphatic carbocycles. The molecule has 5 amide bonds. The molecule has 0 spiro atoms. The molecule has 0 aromatic heterocycles. The molecule has 0 bridgehead atoms. The second kappa shape index (κ2) is 21.3. The number of benzene rings is 1. The summed E-state index contributed by atoms with van der Waals surface area (Å²) in [5, 5.41) is 8.66. The van der Waals surface area contributed by atoms with Crippen LogP contribution < -0.4 is 21.7 Å². The van der Waals surface area contributed by atoms with E-state index in [1.165, 1.54) is 5.56 Å². The van der Waals surface area contributed by atoms with Gasteiger partial charge in [0.1, 0.15) is 5.54 Å². The maximum absolute atomic E-state index is 14.1. The Kier molecular flexibility index (Phi) is 17.9. The zero-order chi connectivity index (χ0) is 44.3. The van der Waals surface area contributed by atoms with Crippen LogP contribution in [0.4, 0.5) is 0 Å². The Morgan fingerprint density at radius 3 is 2.19 bits per heavy atom. The molecule has 1 heterocycles. The van der Waals surface area contributed by atoms with Crippen molar-refractivity contribution in [2.75, 3.05) is 47.5 Å². The van der Waals surface area contributed by atoms with Gasteiger partial charge in [0.05, 0.1) is 55.4 Å². The molecule has 2 fully saturated rings. The van der Waals surface area contributed by atoms with E-state index in [-0.39, 0.29) is 60.4 Å². The molecule has 14 nitrogen and oxygen atoms in total. The Hall–Kier alpha value is -3.59. The first-order chi connectivity index (χ1) is 27.5. The molecule has 0 unspecified atom stereocenters. The first-order valence-corrected chi connectivity index (χ1v) is 21.5. The minimum absolute atomic E-state index is 0.0213. The van der Waals surface area contributed by atoms with Gasteiger partial charge in [-0.05, 0) is 85.1 Å². The van der Waals surface area contributed by atoms with Crippen LogP contribution in [-0.4, -0.2) is 128 Å². The van der Waals surface area contributed by atoms with E-state index in [0.29, 0.717) is 39.0 Å². The van der Waals surface area contributed by atoms with E-state index in [9.17, 15) is 24.0 Å². The third-order valence-electron chi connectivity index (χ3n) is 12.4. The van der Waals surface area contributed by atoms with Gasteiger partial charge in [-0.3, -0.25) is 24.0 Å². The summed E-state index contributed by atoms with van der Waals surface area (Å²) in [6, 6.07) is 9.51. The van der Waals surface area contributed by atoms with Crippen LogP contribution in [0.15, 0.2) is 30.3 Å². The van der Waals surface area contributed by atoms with E-state index in [1.807, 2.05) is 71.6 Å². The summed E-state index contributed by atoms with van der Waals surface area (Å²) in [6.07, 6.45) is 3.69. The number of nitrogens with two attached hydrogens (primary N) is 1. The fourth-order valence-corrected chi connectivity index (χ4v) is 8.09. The fraction of sp³-hybridized carbons (Fsp3) is 0.756. The molecule has 1 saturated carbocycles. The molecule has 0 radical (unpaired) electrons. The lowest BCUT2D eigenvalue weighted by atomic mass is 9.90. The number of hydrogen-bond donors (Lipinski definition) is 4. The highest BCUT2D eigenvalue weighted by Gasteiger charge is 2.46. The van der Waals surface area contributed by atoms with E-state index in [4.69, 9.17) is 19.9 Å². The average Bonchev–Trinajstić information content (AvgIpc) is 3.84. The molecule has 6 atom stereocenters. The Morgan fingerprint density at radius 2 is 1.63 bits per heavy atom. The van der Waals surface area contributed by atoms with Crippen LogP contribution in [0, 0.1) is 11.8 Å². The Morgan fingerprint density at radius 1 is 0.983 bits per heavy atom. The minimum atomic E-state index is -1.29. The lowest BCUT2D eigenvalue weighted by molar-refractivity contribution is -0.146. The van der Waals surface area contributed by atoms with Gasteiger partial charge < -0.3 is 45.7 Å².